The predicted molar refractivity (Wildman–Crippen MR) is 67.7 cm³/mol. The second-order valence-corrected chi connectivity index (χ2v) is 5.08. The number of thiophene rings is 1. The summed E-state index contributed by atoms with van der Waals surface area (Å²) in [6, 6.07) is 5.98. The topological polar surface area (TPSA) is 51.8 Å². The quantitative estimate of drug-likeness (QED) is 0.887. The first-order valence-electron chi connectivity index (χ1n) is 5.31. The van der Waals surface area contributed by atoms with E-state index in [4.69, 9.17) is 5.73 Å². The predicted octanol–water partition coefficient (Wildman–Crippen LogP) is 2.83. The Morgan fingerprint density at radius 2 is 2.19 bits per heavy atom. The summed E-state index contributed by atoms with van der Waals surface area (Å²) in [5, 5.41) is 2.06. The van der Waals surface area contributed by atoms with Crippen molar-refractivity contribution in [2.24, 2.45) is 0 Å². The summed E-state index contributed by atoms with van der Waals surface area (Å²) >= 11 is 1.72. The molecule has 0 fully saturated rings. The molecule has 4 heteroatoms. The number of nitrogen functional groups attached to an aromatic ring is 1. The molecule has 0 saturated heterocycles. The SMILES string of the molecule is CC(C)c1cc(N)nc(Cc2cccs2)n1. The molecule has 0 radical (unpaired) electrons. The summed E-state index contributed by atoms with van der Waals surface area (Å²) in [4.78, 5) is 10.1. The van der Waals surface area contributed by atoms with E-state index in [2.05, 4.69) is 35.3 Å². The molecule has 0 unspecified atom stereocenters. The van der Waals surface area contributed by atoms with Gasteiger partial charge in [-0.3, -0.25) is 0 Å². The maximum Gasteiger partial charge on any atom is 0.136 e. The van der Waals surface area contributed by atoms with Gasteiger partial charge in [-0.25, -0.2) is 9.97 Å². The van der Waals surface area contributed by atoms with Crippen LogP contribution in [0.15, 0.2) is 23.6 Å². The van der Waals surface area contributed by atoms with Gasteiger partial charge in [0.15, 0.2) is 0 Å². The van der Waals surface area contributed by atoms with E-state index in [0.717, 1.165) is 17.9 Å². The maximum absolute atomic E-state index is 5.78. The van der Waals surface area contributed by atoms with Crippen LogP contribution in [-0.4, -0.2) is 9.97 Å². The van der Waals surface area contributed by atoms with Crippen LogP contribution in [0.4, 0.5) is 5.82 Å². The Kier molecular flexibility index (Phi) is 3.19. The van der Waals surface area contributed by atoms with Crippen LogP contribution in [0, 0.1) is 0 Å². The van der Waals surface area contributed by atoms with E-state index in [-0.39, 0.29) is 0 Å². The summed E-state index contributed by atoms with van der Waals surface area (Å²) < 4.78 is 0. The van der Waals surface area contributed by atoms with Crippen molar-refractivity contribution < 1.29 is 0 Å². The van der Waals surface area contributed by atoms with Crippen molar-refractivity contribution in [3.63, 3.8) is 0 Å². The summed E-state index contributed by atoms with van der Waals surface area (Å²) in [6.45, 7) is 4.22. The third kappa shape index (κ3) is 2.58. The fourth-order valence-electron chi connectivity index (χ4n) is 1.48. The number of anilines is 1. The van der Waals surface area contributed by atoms with Crippen molar-refractivity contribution in [2.45, 2.75) is 26.2 Å². The van der Waals surface area contributed by atoms with Crippen LogP contribution >= 0.6 is 11.3 Å². The van der Waals surface area contributed by atoms with Gasteiger partial charge in [0.2, 0.25) is 0 Å². The monoisotopic (exact) mass is 233 g/mol. The molecule has 2 aromatic heterocycles. The first-order chi connectivity index (χ1) is 7.65. The summed E-state index contributed by atoms with van der Waals surface area (Å²) in [6.07, 6.45) is 0.766. The molecule has 84 valence electrons. The summed E-state index contributed by atoms with van der Waals surface area (Å²) in [5.74, 6) is 1.75. The fourth-order valence-corrected chi connectivity index (χ4v) is 2.18. The molecule has 0 saturated carbocycles. The highest BCUT2D eigenvalue weighted by atomic mass is 32.1. The highest BCUT2D eigenvalue weighted by Crippen LogP contribution is 2.17. The molecule has 0 aliphatic heterocycles. The van der Waals surface area contributed by atoms with Crippen LogP contribution in [0.5, 0.6) is 0 Å². The number of hydrogen-bond donors (Lipinski definition) is 1. The molecule has 0 bridgehead atoms. The van der Waals surface area contributed by atoms with Crippen molar-refractivity contribution >= 4 is 17.2 Å². The molecule has 3 nitrogen and oxygen atoms in total. The van der Waals surface area contributed by atoms with Crippen LogP contribution in [0.25, 0.3) is 0 Å². The average molecular weight is 233 g/mol. The van der Waals surface area contributed by atoms with E-state index in [1.54, 1.807) is 11.3 Å². The summed E-state index contributed by atoms with van der Waals surface area (Å²) in [7, 11) is 0. The standard InChI is InChI=1S/C12H15N3S/c1-8(2)10-7-11(13)15-12(14-10)6-9-4-3-5-16-9/h3-5,7-8H,6H2,1-2H3,(H2,13,14,15). The van der Waals surface area contributed by atoms with Crippen molar-refractivity contribution in [3.8, 4) is 0 Å². The largest absolute Gasteiger partial charge is 0.384 e. The molecule has 2 aromatic rings. The lowest BCUT2D eigenvalue weighted by molar-refractivity contribution is 0.795. The Labute approximate surface area is 99.4 Å². The van der Waals surface area contributed by atoms with Crippen molar-refractivity contribution in [3.05, 3.63) is 40.0 Å². The molecular weight excluding hydrogens is 218 g/mol. The fraction of sp³-hybridized carbons (Fsp3) is 0.333. The molecule has 2 rings (SSSR count). The molecule has 16 heavy (non-hydrogen) atoms. The highest BCUT2D eigenvalue weighted by molar-refractivity contribution is 7.09. The van der Waals surface area contributed by atoms with Crippen molar-refractivity contribution in [2.75, 3.05) is 5.73 Å². The van der Waals surface area contributed by atoms with Crippen LogP contribution < -0.4 is 5.73 Å². The third-order valence-electron chi connectivity index (χ3n) is 2.32. The molecule has 0 atom stereocenters. The van der Waals surface area contributed by atoms with E-state index < -0.39 is 0 Å². The molecule has 2 heterocycles. The van der Waals surface area contributed by atoms with E-state index in [1.165, 1.54) is 4.88 Å². The maximum atomic E-state index is 5.78. The number of rotatable bonds is 3. The van der Waals surface area contributed by atoms with Crippen molar-refractivity contribution in [1.29, 1.82) is 0 Å². The minimum atomic E-state index is 0.382. The zero-order valence-electron chi connectivity index (χ0n) is 9.47. The van der Waals surface area contributed by atoms with Crippen LogP contribution in [-0.2, 0) is 6.42 Å². The van der Waals surface area contributed by atoms with Gasteiger partial charge in [0.1, 0.15) is 11.6 Å². The Morgan fingerprint density at radius 3 is 2.81 bits per heavy atom. The normalized spacial score (nSPS) is 10.9. The number of nitrogens with zero attached hydrogens (tertiary/aromatic N) is 2. The van der Waals surface area contributed by atoms with Crippen LogP contribution in [0.3, 0.4) is 0 Å². The number of nitrogens with two attached hydrogens (primary N) is 1. The molecule has 0 amide bonds. The second kappa shape index (κ2) is 4.61. The van der Waals surface area contributed by atoms with Gasteiger partial charge in [0.05, 0.1) is 0 Å². The van der Waals surface area contributed by atoms with Crippen molar-refractivity contribution in [1.82, 2.24) is 9.97 Å². The second-order valence-electron chi connectivity index (χ2n) is 4.04. The third-order valence-corrected chi connectivity index (χ3v) is 3.19. The van der Waals surface area contributed by atoms with Gasteiger partial charge in [-0.2, -0.15) is 0 Å². The molecule has 0 spiro atoms. The molecular formula is C12H15N3S. The van der Waals surface area contributed by atoms with Gasteiger partial charge in [-0.05, 0) is 17.4 Å². The first-order valence-corrected chi connectivity index (χ1v) is 6.19. The minimum Gasteiger partial charge on any atom is -0.384 e. The van der Waals surface area contributed by atoms with Gasteiger partial charge in [0, 0.05) is 23.1 Å². The number of aromatic nitrogens is 2. The van der Waals surface area contributed by atoms with E-state index in [9.17, 15) is 0 Å². The lowest BCUT2D eigenvalue weighted by atomic mass is 10.1. The highest BCUT2D eigenvalue weighted by Gasteiger charge is 2.07. The van der Waals surface area contributed by atoms with Crippen LogP contribution in [0.2, 0.25) is 0 Å². The van der Waals surface area contributed by atoms with Gasteiger partial charge in [-0.15, -0.1) is 11.3 Å². The van der Waals surface area contributed by atoms with Gasteiger partial charge >= 0.3 is 0 Å². The molecule has 0 aliphatic rings. The summed E-state index contributed by atoms with van der Waals surface area (Å²) in [5.41, 5.74) is 6.79. The zero-order valence-corrected chi connectivity index (χ0v) is 10.3. The molecule has 0 aliphatic carbocycles. The van der Waals surface area contributed by atoms with Gasteiger partial charge < -0.3 is 5.73 Å². The Hall–Kier alpha value is -1.42. The Bertz CT molecular complexity index is 463. The molecule has 0 aromatic carbocycles. The Morgan fingerprint density at radius 1 is 1.38 bits per heavy atom. The zero-order chi connectivity index (χ0) is 11.5. The first kappa shape index (κ1) is 11.1. The van der Waals surface area contributed by atoms with E-state index in [0.29, 0.717) is 11.7 Å². The molecule has 2 N–H and O–H groups in total. The lowest BCUT2D eigenvalue weighted by Crippen LogP contribution is -2.04. The lowest BCUT2D eigenvalue weighted by Gasteiger charge is -2.07. The smallest absolute Gasteiger partial charge is 0.136 e. The number of hydrogen-bond acceptors (Lipinski definition) is 4. The van der Waals surface area contributed by atoms with Gasteiger partial charge in [-0.1, -0.05) is 19.9 Å². The van der Waals surface area contributed by atoms with E-state index >= 15 is 0 Å². The van der Waals surface area contributed by atoms with E-state index in [1.807, 2.05) is 12.1 Å². The average Bonchev–Trinajstić information content (AvgIpc) is 2.69. The van der Waals surface area contributed by atoms with Gasteiger partial charge in [0.25, 0.3) is 0 Å². The minimum absolute atomic E-state index is 0.382. The Balaban J connectivity index is 2.27. The van der Waals surface area contributed by atoms with Crippen LogP contribution in [0.1, 0.15) is 36.2 Å².